The molecule has 0 aliphatic rings. The third-order valence-corrected chi connectivity index (χ3v) is 3.68. The van der Waals surface area contributed by atoms with Gasteiger partial charge in [0.05, 0.1) is 16.7 Å². The summed E-state index contributed by atoms with van der Waals surface area (Å²) in [6, 6.07) is 11.4. The monoisotopic (exact) mass is 260 g/mol. The zero-order valence-corrected chi connectivity index (χ0v) is 10.7. The Morgan fingerprint density at radius 1 is 1.35 bits per heavy atom. The molecule has 2 rings (SSSR count). The molecule has 84 valence electrons. The highest BCUT2D eigenvalue weighted by molar-refractivity contribution is 7.99. The molecule has 0 unspecified atom stereocenters. The van der Waals surface area contributed by atoms with Crippen LogP contribution in [-0.2, 0) is 0 Å². The molecule has 0 bridgehead atoms. The lowest BCUT2D eigenvalue weighted by molar-refractivity contribution is 1.13. The maximum absolute atomic E-state index is 8.85. The van der Waals surface area contributed by atoms with Crippen LogP contribution in [-0.4, -0.2) is 4.98 Å². The normalized spacial score (nSPS) is 9.94. The second-order valence-electron chi connectivity index (χ2n) is 3.48. The summed E-state index contributed by atoms with van der Waals surface area (Å²) in [7, 11) is 0. The minimum Gasteiger partial charge on any atom is -0.248 e. The van der Waals surface area contributed by atoms with Gasteiger partial charge in [0.2, 0.25) is 0 Å². The van der Waals surface area contributed by atoms with Crippen LogP contribution >= 0.6 is 23.4 Å². The summed E-state index contributed by atoms with van der Waals surface area (Å²) in [5.41, 5.74) is 1.66. The number of nitrogens with zero attached hydrogens (tertiary/aromatic N) is 2. The van der Waals surface area contributed by atoms with E-state index in [4.69, 9.17) is 16.9 Å². The summed E-state index contributed by atoms with van der Waals surface area (Å²) >= 11 is 7.53. The van der Waals surface area contributed by atoms with E-state index in [0.29, 0.717) is 10.6 Å². The standard InChI is InChI=1S/C13H9ClN2S/c1-9-7-11(5-4-10(9)8-15)17-13-12(14)3-2-6-16-13/h2-7H,1H3. The number of pyridine rings is 1. The van der Waals surface area contributed by atoms with Crippen molar-refractivity contribution < 1.29 is 0 Å². The number of rotatable bonds is 2. The van der Waals surface area contributed by atoms with Crippen LogP contribution in [0.25, 0.3) is 0 Å². The first-order chi connectivity index (χ1) is 8.20. The highest BCUT2D eigenvalue weighted by Crippen LogP contribution is 2.31. The van der Waals surface area contributed by atoms with E-state index in [1.807, 2.05) is 31.2 Å². The van der Waals surface area contributed by atoms with E-state index in [0.717, 1.165) is 15.5 Å². The van der Waals surface area contributed by atoms with E-state index in [9.17, 15) is 0 Å². The van der Waals surface area contributed by atoms with E-state index in [1.165, 1.54) is 11.8 Å². The summed E-state index contributed by atoms with van der Waals surface area (Å²) in [6.07, 6.45) is 1.71. The van der Waals surface area contributed by atoms with Crippen LogP contribution in [0.3, 0.4) is 0 Å². The average Bonchev–Trinajstić information content (AvgIpc) is 2.32. The van der Waals surface area contributed by atoms with Crippen LogP contribution in [0, 0.1) is 18.3 Å². The molecule has 1 aromatic carbocycles. The molecule has 0 spiro atoms. The van der Waals surface area contributed by atoms with Gasteiger partial charge in [-0.05, 0) is 42.8 Å². The summed E-state index contributed by atoms with van der Waals surface area (Å²) < 4.78 is 0. The van der Waals surface area contributed by atoms with Crippen LogP contribution in [0.5, 0.6) is 0 Å². The second-order valence-corrected chi connectivity index (χ2v) is 4.95. The molecule has 0 radical (unpaired) electrons. The number of hydrogen-bond acceptors (Lipinski definition) is 3. The molecular weight excluding hydrogens is 252 g/mol. The van der Waals surface area contributed by atoms with Crippen molar-refractivity contribution in [2.45, 2.75) is 16.8 Å². The summed E-state index contributed by atoms with van der Waals surface area (Å²) in [4.78, 5) is 5.24. The van der Waals surface area contributed by atoms with E-state index >= 15 is 0 Å². The molecule has 0 saturated heterocycles. The first-order valence-corrected chi connectivity index (χ1v) is 6.19. The second kappa shape index (κ2) is 5.22. The van der Waals surface area contributed by atoms with Crippen LogP contribution in [0.2, 0.25) is 5.02 Å². The number of hydrogen-bond donors (Lipinski definition) is 0. The predicted octanol–water partition coefficient (Wildman–Crippen LogP) is 4.07. The highest BCUT2D eigenvalue weighted by atomic mass is 35.5. The SMILES string of the molecule is Cc1cc(Sc2ncccc2Cl)ccc1C#N. The van der Waals surface area contributed by atoms with Gasteiger partial charge in [-0.2, -0.15) is 5.26 Å². The maximum atomic E-state index is 8.85. The van der Waals surface area contributed by atoms with Crippen molar-refractivity contribution in [3.05, 3.63) is 52.7 Å². The number of aryl methyl sites for hydroxylation is 1. The Morgan fingerprint density at radius 2 is 2.18 bits per heavy atom. The molecule has 0 fully saturated rings. The fourth-order valence-electron chi connectivity index (χ4n) is 1.38. The fraction of sp³-hybridized carbons (Fsp3) is 0.0769. The number of nitriles is 1. The van der Waals surface area contributed by atoms with Gasteiger partial charge in [0.1, 0.15) is 5.03 Å². The Hall–Kier alpha value is -1.50. The van der Waals surface area contributed by atoms with Gasteiger partial charge in [0, 0.05) is 11.1 Å². The lowest BCUT2D eigenvalue weighted by Crippen LogP contribution is -1.84. The maximum Gasteiger partial charge on any atom is 0.119 e. The Labute approximate surface area is 109 Å². The van der Waals surface area contributed by atoms with Gasteiger partial charge in [-0.25, -0.2) is 4.98 Å². The molecule has 0 aliphatic carbocycles. The third kappa shape index (κ3) is 2.79. The number of aromatic nitrogens is 1. The van der Waals surface area contributed by atoms with E-state index in [2.05, 4.69) is 11.1 Å². The Morgan fingerprint density at radius 3 is 2.82 bits per heavy atom. The highest BCUT2D eigenvalue weighted by Gasteiger charge is 2.05. The zero-order valence-electron chi connectivity index (χ0n) is 9.14. The smallest absolute Gasteiger partial charge is 0.119 e. The first-order valence-electron chi connectivity index (χ1n) is 5.00. The van der Waals surface area contributed by atoms with Crippen molar-refractivity contribution in [2.75, 3.05) is 0 Å². The molecule has 1 aromatic heterocycles. The van der Waals surface area contributed by atoms with Crippen LogP contribution in [0.4, 0.5) is 0 Å². The molecule has 0 aliphatic heterocycles. The van der Waals surface area contributed by atoms with Gasteiger partial charge in [0.15, 0.2) is 0 Å². The Balaban J connectivity index is 2.29. The van der Waals surface area contributed by atoms with Crippen LogP contribution in [0.15, 0.2) is 46.5 Å². The molecule has 0 N–H and O–H groups in total. The predicted molar refractivity (Wildman–Crippen MR) is 69.3 cm³/mol. The van der Waals surface area contributed by atoms with Crippen molar-refractivity contribution in [1.82, 2.24) is 4.98 Å². The van der Waals surface area contributed by atoms with Gasteiger partial charge in [-0.15, -0.1) is 0 Å². The molecule has 1 heterocycles. The largest absolute Gasteiger partial charge is 0.248 e. The topological polar surface area (TPSA) is 36.7 Å². The van der Waals surface area contributed by atoms with Crippen molar-refractivity contribution in [1.29, 1.82) is 5.26 Å². The molecule has 0 amide bonds. The first kappa shape index (κ1) is 12.0. The van der Waals surface area contributed by atoms with Gasteiger partial charge < -0.3 is 0 Å². The quantitative estimate of drug-likeness (QED) is 0.817. The molecule has 0 saturated carbocycles. The van der Waals surface area contributed by atoms with Crippen molar-refractivity contribution in [2.24, 2.45) is 0 Å². The van der Waals surface area contributed by atoms with Crippen molar-refractivity contribution in [3.8, 4) is 6.07 Å². The third-order valence-electron chi connectivity index (χ3n) is 2.26. The average molecular weight is 261 g/mol. The van der Waals surface area contributed by atoms with E-state index in [1.54, 1.807) is 12.3 Å². The zero-order chi connectivity index (χ0) is 12.3. The lowest BCUT2D eigenvalue weighted by atomic mass is 10.1. The number of benzene rings is 1. The molecule has 4 heteroatoms. The molecule has 17 heavy (non-hydrogen) atoms. The fourth-order valence-corrected chi connectivity index (χ4v) is 2.49. The number of halogens is 1. The minimum atomic E-state index is 0.638. The van der Waals surface area contributed by atoms with Gasteiger partial charge in [-0.1, -0.05) is 23.4 Å². The lowest BCUT2D eigenvalue weighted by Gasteiger charge is -2.04. The molecule has 2 aromatic rings. The summed E-state index contributed by atoms with van der Waals surface area (Å²) in [6.45, 7) is 1.92. The van der Waals surface area contributed by atoms with Gasteiger partial charge >= 0.3 is 0 Å². The Bertz CT molecular complexity index is 590. The van der Waals surface area contributed by atoms with Crippen molar-refractivity contribution in [3.63, 3.8) is 0 Å². The molecule has 2 nitrogen and oxygen atoms in total. The Kier molecular flexibility index (Phi) is 3.68. The van der Waals surface area contributed by atoms with Crippen molar-refractivity contribution >= 4 is 23.4 Å². The summed E-state index contributed by atoms with van der Waals surface area (Å²) in [5.74, 6) is 0. The van der Waals surface area contributed by atoms with E-state index < -0.39 is 0 Å². The summed E-state index contributed by atoms with van der Waals surface area (Å²) in [5, 5.41) is 10.3. The van der Waals surface area contributed by atoms with Crippen LogP contribution in [0.1, 0.15) is 11.1 Å². The molecule has 0 atom stereocenters. The molecular formula is C13H9ClN2S. The minimum absolute atomic E-state index is 0.638. The van der Waals surface area contributed by atoms with Gasteiger partial charge in [-0.3, -0.25) is 0 Å². The van der Waals surface area contributed by atoms with Gasteiger partial charge in [0.25, 0.3) is 0 Å². The van der Waals surface area contributed by atoms with E-state index in [-0.39, 0.29) is 0 Å². The van der Waals surface area contributed by atoms with Crippen LogP contribution < -0.4 is 0 Å².